The molecule has 15 heavy (non-hydrogen) atoms. The molecule has 2 aromatic rings. The van der Waals surface area contributed by atoms with Crippen LogP contribution in [-0.4, -0.2) is 6.04 Å². The summed E-state index contributed by atoms with van der Waals surface area (Å²) in [6, 6.07) is 6.06. The number of nitrogens with one attached hydrogen (secondary N) is 1. The van der Waals surface area contributed by atoms with Gasteiger partial charge in [-0.05, 0) is 19.1 Å². The van der Waals surface area contributed by atoms with Crippen LogP contribution in [-0.2, 0) is 0 Å². The molecular formula is C12H12N2O. The Morgan fingerprint density at radius 1 is 1.40 bits per heavy atom. The predicted molar refractivity (Wildman–Crippen MR) is 62.7 cm³/mol. The lowest BCUT2D eigenvalue weighted by Gasteiger charge is -2.13. The molecular weight excluding hydrogens is 188 g/mol. The Kier molecular flexibility index (Phi) is 1.57. The Morgan fingerprint density at radius 3 is 3.13 bits per heavy atom. The van der Waals surface area contributed by atoms with Gasteiger partial charge in [0, 0.05) is 28.7 Å². The third-order valence-corrected chi connectivity index (χ3v) is 2.66. The normalized spacial score (nSPS) is 18.9. The molecule has 3 nitrogen and oxygen atoms in total. The van der Waals surface area contributed by atoms with Gasteiger partial charge >= 0.3 is 0 Å². The second-order valence-corrected chi connectivity index (χ2v) is 3.89. The average Bonchev–Trinajstić information content (AvgIpc) is 2.53. The Hall–Kier alpha value is -1.90. The van der Waals surface area contributed by atoms with E-state index in [9.17, 15) is 0 Å². The standard InChI is InChI=1S/C12H12N2O/c1-7-2-4-10-9-5-3-8(13)6-11(9)15-12(10)14-7/h2-7,14H,13H2,1H3. The molecule has 0 amide bonds. The van der Waals surface area contributed by atoms with E-state index in [1.54, 1.807) is 0 Å². The molecule has 3 N–H and O–H groups in total. The highest BCUT2D eigenvalue weighted by Crippen LogP contribution is 2.34. The molecule has 1 aliphatic rings. The zero-order valence-corrected chi connectivity index (χ0v) is 8.45. The van der Waals surface area contributed by atoms with Crippen molar-refractivity contribution in [2.75, 3.05) is 11.1 Å². The van der Waals surface area contributed by atoms with Crippen LogP contribution in [0, 0.1) is 0 Å². The molecule has 1 aromatic carbocycles. The Labute approximate surface area is 87.6 Å². The van der Waals surface area contributed by atoms with E-state index in [-0.39, 0.29) is 0 Å². The SMILES string of the molecule is CC1C=Cc2c(oc3cc(N)ccc23)N1. The van der Waals surface area contributed by atoms with E-state index in [4.69, 9.17) is 10.2 Å². The first-order valence-corrected chi connectivity index (χ1v) is 5.01. The Bertz CT molecular complexity index is 554. The zero-order valence-electron chi connectivity index (χ0n) is 8.45. The van der Waals surface area contributed by atoms with Gasteiger partial charge in [-0.3, -0.25) is 0 Å². The molecule has 0 spiro atoms. The molecule has 1 unspecified atom stereocenters. The van der Waals surface area contributed by atoms with Crippen LogP contribution in [0.4, 0.5) is 11.6 Å². The zero-order chi connectivity index (χ0) is 10.4. The van der Waals surface area contributed by atoms with E-state index in [2.05, 4.69) is 24.4 Å². The molecule has 0 aliphatic carbocycles. The Morgan fingerprint density at radius 2 is 2.27 bits per heavy atom. The van der Waals surface area contributed by atoms with Gasteiger partial charge in [0.25, 0.3) is 0 Å². The van der Waals surface area contributed by atoms with Crippen molar-refractivity contribution in [3.63, 3.8) is 0 Å². The van der Waals surface area contributed by atoms with Crippen molar-refractivity contribution in [2.45, 2.75) is 13.0 Å². The van der Waals surface area contributed by atoms with Crippen LogP contribution in [0.2, 0.25) is 0 Å². The molecule has 3 rings (SSSR count). The second-order valence-electron chi connectivity index (χ2n) is 3.89. The number of fused-ring (bicyclic) bond motifs is 3. The lowest BCUT2D eigenvalue weighted by molar-refractivity contribution is 0.620. The number of anilines is 2. The number of hydrogen-bond donors (Lipinski definition) is 2. The Balaban J connectivity index is 2.29. The predicted octanol–water partition coefficient (Wildman–Crippen LogP) is 2.84. The number of nitrogen functional groups attached to an aromatic ring is 1. The lowest BCUT2D eigenvalue weighted by atomic mass is 10.1. The van der Waals surface area contributed by atoms with Crippen molar-refractivity contribution >= 4 is 28.6 Å². The third-order valence-electron chi connectivity index (χ3n) is 2.66. The summed E-state index contributed by atoms with van der Waals surface area (Å²) in [4.78, 5) is 0. The van der Waals surface area contributed by atoms with Crippen LogP contribution >= 0.6 is 0 Å². The minimum Gasteiger partial charge on any atom is -0.440 e. The number of nitrogens with two attached hydrogens (primary N) is 1. The molecule has 0 saturated heterocycles. The summed E-state index contributed by atoms with van der Waals surface area (Å²) in [5.41, 5.74) is 8.39. The van der Waals surface area contributed by atoms with E-state index in [0.717, 1.165) is 28.1 Å². The van der Waals surface area contributed by atoms with Gasteiger partial charge in [0.1, 0.15) is 5.58 Å². The van der Waals surface area contributed by atoms with Crippen molar-refractivity contribution < 1.29 is 4.42 Å². The second kappa shape index (κ2) is 2.79. The maximum absolute atomic E-state index is 5.71. The number of benzene rings is 1. The molecule has 2 heterocycles. The molecule has 0 fully saturated rings. The molecule has 3 heteroatoms. The summed E-state index contributed by atoms with van der Waals surface area (Å²) >= 11 is 0. The molecule has 0 saturated carbocycles. The third kappa shape index (κ3) is 1.20. The molecule has 1 aliphatic heterocycles. The van der Waals surface area contributed by atoms with Crippen LogP contribution in [0.3, 0.4) is 0 Å². The van der Waals surface area contributed by atoms with E-state index in [0.29, 0.717) is 6.04 Å². The quantitative estimate of drug-likeness (QED) is 0.643. The minimum atomic E-state index is 0.315. The van der Waals surface area contributed by atoms with Crippen molar-refractivity contribution in [3.8, 4) is 0 Å². The largest absolute Gasteiger partial charge is 0.440 e. The molecule has 0 radical (unpaired) electrons. The minimum absolute atomic E-state index is 0.315. The number of hydrogen-bond acceptors (Lipinski definition) is 3. The maximum Gasteiger partial charge on any atom is 0.201 e. The molecule has 1 atom stereocenters. The van der Waals surface area contributed by atoms with Crippen LogP contribution < -0.4 is 11.1 Å². The summed E-state index contributed by atoms with van der Waals surface area (Å²) in [6.07, 6.45) is 4.21. The molecule has 0 bridgehead atoms. The average molecular weight is 200 g/mol. The van der Waals surface area contributed by atoms with E-state index < -0.39 is 0 Å². The first-order valence-electron chi connectivity index (χ1n) is 5.01. The topological polar surface area (TPSA) is 51.2 Å². The lowest BCUT2D eigenvalue weighted by Crippen LogP contribution is -2.14. The van der Waals surface area contributed by atoms with Gasteiger partial charge in [0.15, 0.2) is 0 Å². The summed E-state index contributed by atoms with van der Waals surface area (Å²) in [5.74, 6) is 0.839. The van der Waals surface area contributed by atoms with Gasteiger partial charge < -0.3 is 15.5 Å². The van der Waals surface area contributed by atoms with E-state index >= 15 is 0 Å². The van der Waals surface area contributed by atoms with Gasteiger partial charge in [-0.25, -0.2) is 0 Å². The van der Waals surface area contributed by atoms with Gasteiger partial charge in [-0.2, -0.15) is 0 Å². The molecule has 76 valence electrons. The molecule has 1 aromatic heterocycles. The maximum atomic E-state index is 5.71. The van der Waals surface area contributed by atoms with Gasteiger partial charge in [-0.1, -0.05) is 12.2 Å². The van der Waals surface area contributed by atoms with Gasteiger partial charge in [0.2, 0.25) is 5.88 Å². The van der Waals surface area contributed by atoms with Gasteiger partial charge in [-0.15, -0.1) is 0 Å². The fourth-order valence-electron chi connectivity index (χ4n) is 1.90. The van der Waals surface area contributed by atoms with E-state index in [1.807, 2.05) is 18.2 Å². The van der Waals surface area contributed by atoms with Crippen LogP contribution in [0.15, 0.2) is 28.7 Å². The monoisotopic (exact) mass is 200 g/mol. The first-order chi connectivity index (χ1) is 7.24. The summed E-state index contributed by atoms with van der Waals surface area (Å²) < 4.78 is 5.70. The van der Waals surface area contributed by atoms with Crippen LogP contribution in [0.5, 0.6) is 0 Å². The smallest absolute Gasteiger partial charge is 0.201 e. The van der Waals surface area contributed by atoms with Crippen LogP contribution in [0.1, 0.15) is 12.5 Å². The van der Waals surface area contributed by atoms with Crippen molar-refractivity contribution in [1.82, 2.24) is 0 Å². The fourth-order valence-corrected chi connectivity index (χ4v) is 1.90. The van der Waals surface area contributed by atoms with Crippen molar-refractivity contribution in [2.24, 2.45) is 0 Å². The van der Waals surface area contributed by atoms with Crippen molar-refractivity contribution in [3.05, 3.63) is 29.8 Å². The first kappa shape index (κ1) is 8.41. The number of furan rings is 1. The highest BCUT2D eigenvalue weighted by atomic mass is 16.3. The highest BCUT2D eigenvalue weighted by molar-refractivity contribution is 5.95. The van der Waals surface area contributed by atoms with E-state index in [1.165, 1.54) is 0 Å². The van der Waals surface area contributed by atoms with Crippen molar-refractivity contribution in [1.29, 1.82) is 0 Å². The number of rotatable bonds is 0. The highest BCUT2D eigenvalue weighted by Gasteiger charge is 2.16. The fraction of sp³-hybridized carbons (Fsp3) is 0.167. The summed E-state index contributed by atoms with van der Waals surface area (Å²) in [6.45, 7) is 2.08. The van der Waals surface area contributed by atoms with Crippen LogP contribution in [0.25, 0.3) is 17.0 Å². The van der Waals surface area contributed by atoms with Gasteiger partial charge in [0.05, 0.1) is 0 Å². The summed E-state index contributed by atoms with van der Waals surface area (Å²) in [5, 5.41) is 4.38. The summed E-state index contributed by atoms with van der Waals surface area (Å²) in [7, 11) is 0.